The minimum absolute atomic E-state index is 0.156. The Balaban J connectivity index is 1.37. The number of fused-ring (bicyclic) bond motifs is 3. The first-order chi connectivity index (χ1) is 16.1. The molecule has 0 aliphatic carbocycles. The highest BCUT2D eigenvalue weighted by molar-refractivity contribution is 6.07. The fourth-order valence-electron chi connectivity index (χ4n) is 5.18. The number of ether oxygens (including phenoxy) is 2. The highest BCUT2D eigenvalue weighted by atomic mass is 19.1. The lowest BCUT2D eigenvalue weighted by molar-refractivity contribution is -0.115. The number of rotatable bonds is 6. The monoisotopic (exact) mass is 447 g/mol. The van der Waals surface area contributed by atoms with Crippen molar-refractivity contribution in [3.8, 4) is 11.1 Å². The Morgan fingerprint density at radius 2 is 1.82 bits per heavy atom. The number of halogens is 1. The minimum atomic E-state index is -0.162. The van der Waals surface area contributed by atoms with Crippen LogP contribution in [0.2, 0.25) is 0 Å². The van der Waals surface area contributed by atoms with Crippen molar-refractivity contribution >= 4 is 27.5 Å². The topological polar surface area (TPSA) is 50.4 Å². The summed E-state index contributed by atoms with van der Waals surface area (Å²) in [5.41, 5.74) is 5.68. The van der Waals surface area contributed by atoms with Gasteiger partial charge < -0.3 is 19.4 Å². The van der Waals surface area contributed by atoms with Crippen LogP contribution in [0.25, 0.3) is 32.9 Å². The van der Waals surface area contributed by atoms with Crippen molar-refractivity contribution in [3.05, 3.63) is 60.2 Å². The Bertz CT molecular complexity index is 1250. The molecule has 3 heterocycles. The van der Waals surface area contributed by atoms with Crippen LogP contribution in [0.15, 0.2) is 48.8 Å². The van der Waals surface area contributed by atoms with Crippen LogP contribution in [0, 0.1) is 18.7 Å². The van der Waals surface area contributed by atoms with Gasteiger partial charge in [-0.15, -0.1) is 0 Å². The van der Waals surface area contributed by atoms with E-state index in [1.165, 1.54) is 0 Å². The predicted molar refractivity (Wildman–Crippen MR) is 131 cm³/mol. The summed E-state index contributed by atoms with van der Waals surface area (Å²) in [6.07, 6.45) is 6.40. The third kappa shape index (κ3) is 4.21. The van der Waals surface area contributed by atoms with E-state index < -0.39 is 0 Å². The lowest BCUT2D eigenvalue weighted by Gasteiger charge is -2.35. The standard InChI is InChI=1S/C27H30FN3O2/c1-17-12-20(19-4-5-21-22-16-29-9-6-24(22)30-25(21)15-19)14-23(28)27(17)31-10-7-18(8-11-31)13-26(32-2)33-3/h4-6,9,12,14-16,18,26,30H,7-8,10-11,13H2,1-3H3. The van der Waals surface area contributed by atoms with E-state index in [1.807, 2.05) is 19.2 Å². The summed E-state index contributed by atoms with van der Waals surface area (Å²) in [7, 11) is 3.35. The summed E-state index contributed by atoms with van der Waals surface area (Å²) < 4.78 is 26.1. The van der Waals surface area contributed by atoms with Crippen molar-refractivity contribution < 1.29 is 13.9 Å². The number of aromatic amines is 1. The molecule has 0 unspecified atom stereocenters. The molecule has 5 nitrogen and oxygen atoms in total. The first kappa shape index (κ1) is 21.9. The quantitative estimate of drug-likeness (QED) is 0.365. The molecule has 172 valence electrons. The number of hydrogen-bond acceptors (Lipinski definition) is 4. The van der Waals surface area contributed by atoms with Crippen molar-refractivity contribution in [3.63, 3.8) is 0 Å². The molecule has 0 radical (unpaired) electrons. The van der Waals surface area contributed by atoms with E-state index in [4.69, 9.17) is 9.47 Å². The minimum Gasteiger partial charge on any atom is -0.369 e. The third-order valence-electron chi connectivity index (χ3n) is 6.97. The maximum atomic E-state index is 15.4. The van der Waals surface area contributed by atoms with E-state index in [0.29, 0.717) is 5.92 Å². The largest absolute Gasteiger partial charge is 0.369 e. The fraction of sp³-hybridized carbons (Fsp3) is 0.370. The number of aryl methyl sites for hydroxylation is 1. The molecule has 5 rings (SSSR count). The van der Waals surface area contributed by atoms with Crippen molar-refractivity contribution in [2.75, 3.05) is 32.2 Å². The molecule has 2 aromatic carbocycles. The summed E-state index contributed by atoms with van der Waals surface area (Å²) in [6.45, 7) is 3.70. The zero-order valence-electron chi connectivity index (χ0n) is 19.4. The summed E-state index contributed by atoms with van der Waals surface area (Å²) in [6, 6.07) is 12.0. The molecule has 4 aromatic rings. The fourth-order valence-corrected chi connectivity index (χ4v) is 5.18. The predicted octanol–water partition coefficient (Wildman–Crippen LogP) is 6.06. The normalized spacial score (nSPS) is 15.2. The van der Waals surface area contributed by atoms with Gasteiger partial charge in [0.05, 0.1) is 5.69 Å². The number of aromatic nitrogens is 2. The molecule has 1 aliphatic rings. The van der Waals surface area contributed by atoms with Crippen LogP contribution in [0.4, 0.5) is 10.1 Å². The molecule has 6 heteroatoms. The molecule has 0 saturated carbocycles. The Labute approximate surface area is 193 Å². The number of nitrogens with zero attached hydrogens (tertiary/aromatic N) is 2. The smallest absolute Gasteiger partial charge is 0.157 e. The first-order valence-electron chi connectivity index (χ1n) is 11.5. The highest BCUT2D eigenvalue weighted by Gasteiger charge is 2.25. The number of pyridine rings is 1. The Kier molecular flexibility index (Phi) is 6.04. The molecule has 33 heavy (non-hydrogen) atoms. The molecule has 0 spiro atoms. The van der Waals surface area contributed by atoms with Crippen molar-refractivity contribution in [2.24, 2.45) is 5.92 Å². The summed E-state index contributed by atoms with van der Waals surface area (Å²) in [5.74, 6) is 0.378. The van der Waals surface area contributed by atoms with E-state index >= 15 is 4.39 Å². The van der Waals surface area contributed by atoms with Crippen LogP contribution in [0.5, 0.6) is 0 Å². The van der Waals surface area contributed by atoms with Crippen molar-refractivity contribution in [1.29, 1.82) is 0 Å². The number of piperidine rings is 1. The molecule has 2 aromatic heterocycles. The zero-order valence-corrected chi connectivity index (χ0v) is 19.4. The lowest BCUT2D eigenvalue weighted by Crippen LogP contribution is -2.36. The van der Waals surface area contributed by atoms with Gasteiger partial charge >= 0.3 is 0 Å². The number of anilines is 1. The van der Waals surface area contributed by atoms with Gasteiger partial charge in [-0.2, -0.15) is 0 Å². The van der Waals surface area contributed by atoms with Gasteiger partial charge in [-0.1, -0.05) is 12.1 Å². The summed E-state index contributed by atoms with van der Waals surface area (Å²) >= 11 is 0. The van der Waals surface area contributed by atoms with Crippen LogP contribution >= 0.6 is 0 Å². The second kappa shape index (κ2) is 9.12. The molecule has 1 aliphatic heterocycles. The maximum absolute atomic E-state index is 15.4. The zero-order chi connectivity index (χ0) is 22.9. The lowest BCUT2D eigenvalue weighted by atomic mass is 9.92. The first-order valence-corrected chi connectivity index (χ1v) is 11.5. The van der Waals surface area contributed by atoms with Crippen molar-refractivity contribution in [2.45, 2.75) is 32.5 Å². The summed E-state index contributed by atoms with van der Waals surface area (Å²) in [4.78, 5) is 9.87. The molecule has 1 saturated heterocycles. The number of H-pyrrole nitrogens is 1. The van der Waals surface area contributed by atoms with Gasteiger partial charge in [0.2, 0.25) is 0 Å². The Hall–Kier alpha value is -2.96. The third-order valence-corrected chi connectivity index (χ3v) is 6.97. The van der Waals surface area contributed by atoms with Gasteiger partial charge in [-0.3, -0.25) is 4.98 Å². The van der Waals surface area contributed by atoms with Gasteiger partial charge in [-0.25, -0.2) is 4.39 Å². The van der Waals surface area contributed by atoms with Gasteiger partial charge in [0.1, 0.15) is 5.82 Å². The molecule has 1 N–H and O–H groups in total. The highest BCUT2D eigenvalue weighted by Crippen LogP contribution is 2.35. The number of nitrogens with one attached hydrogen (secondary N) is 1. The van der Waals surface area contributed by atoms with E-state index in [-0.39, 0.29) is 12.1 Å². The molecule has 0 atom stereocenters. The number of methoxy groups -OCH3 is 2. The van der Waals surface area contributed by atoms with Crippen LogP contribution < -0.4 is 4.90 Å². The van der Waals surface area contributed by atoms with E-state index in [1.54, 1.807) is 26.5 Å². The second-order valence-electron chi connectivity index (χ2n) is 9.00. The molecular formula is C27H30FN3O2. The van der Waals surface area contributed by atoms with E-state index in [2.05, 4.69) is 39.1 Å². The second-order valence-corrected chi connectivity index (χ2v) is 9.00. The van der Waals surface area contributed by atoms with Crippen LogP contribution in [-0.4, -0.2) is 43.6 Å². The average Bonchev–Trinajstić information content (AvgIpc) is 3.21. The maximum Gasteiger partial charge on any atom is 0.157 e. The Morgan fingerprint density at radius 1 is 1.03 bits per heavy atom. The van der Waals surface area contributed by atoms with Gasteiger partial charge in [0.15, 0.2) is 6.29 Å². The molecule has 0 amide bonds. The van der Waals surface area contributed by atoms with Gasteiger partial charge in [0.25, 0.3) is 0 Å². The molecular weight excluding hydrogens is 417 g/mol. The van der Waals surface area contributed by atoms with Gasteiger partial charge in [0, 0.05) is 67.9 Å². The van der Waals surface area contributed by atoms with Crippen molar-refractivity contribution in [1.82, 2.24) is 9.97 Å². The van der Waals surface area contributed by atoms with Crippen LogP contribution in [-0.2, 0) is 9.47 Å². The van der Waals surface area contributed by atoms with E-state index in [9.17, 15) is 0 Å². The van der Waals surface area contributed by atoms with E-state index in [0.717, 1.165) is 76.5 Å². The Morgan fingerprint density at radius 3 is 2.55 bits per heavy atom. The molecule has 1 fully saturated rings. The summed E-state index contributed by atoms with van der Waals surface area (Å²) in [5, 5.41) is 2.23. The average molecular weight is 448 g/mol. The van der Waals surface area contributed by atoms with Gasteiger partial charge in [-0.05, 0) is 66.6 Å². The van der Waals surface area contributed by atoms with Crippen LogP contribution in [0.1, 0.15) is 24.8 Å². The molecule has 0 bridgehead atoms. The number of hydrogen-bond donors (Lipinski definition) is 1. The van der Waals surface area contributed by atoms with Crippen LogP contribution in [0.3, 0.4) is 0 Å². The number of benzene rings is 2. The SMILES string of the molecule is COC(CC1CCN(c2c(C)cc(-c3ccc4c(c3)[nH]c3ccncc34)cc2F)CC1)OC.